The van der Waals surface area contributed by atoms with Gasteiger partial charge in [0.05, 0.1) is 18.0 Å². The molecule has 1 heterocycles. The number of nitrogens with one attached hydrogen (secondary N) is 2. The number of methoxy groups -OCH3 is 1. The lowest BCUT2D eigenvalue weighted by Gasteiger charge is -2.12. The number of carbonyl (C=O) groups excluding carboxylic acids is 1. The summed E-state index contributed by atoms with van der Waals surface area (Å²) in [4.78, 5) is 12.1. The van der Waals surface area contributed by atoms with Crippen LogP contribution in [-0.2, 0) is 4.74 Å². The number of furan rings is 1. The maximum absolute atomic E-state index is 12.1. The zero-order valence-corrected chi connectivity index (χ0v) is 11.6. The molecule has 5 nitrogen and oxygen atoms in total. The van der Waals surface area contributed by atoms with Crippen LogP contribution in [-0.4, -0.2) is 26.2 Å². The van der Waals surface area contributed by atoms with Crippen molar-refractivity contribution in [3.8, 4) is 0 Å². The van der Waals surface area contributed by atoms with E-state index in [1.54, 1.807) is 26.2 Å². The topological polar surface area (TPSA) is 63.5 Å². The van der Waals surface area contributed by atoms with Gasteiger partial charge in [-0.15, -0.1) is 0 Å². The molecule has 0 aliphatic heterocycles. The summed E-state index contributed by atoms with van der Waals surface area (Å²) >= 11 is 0. The molecule has 1 amide bonds. The van der Waals surface area contributed by atoms with Crippen LogP contribution in [0.4, 0.5) is 11.4 Å². The van der Waals surface area contributed by atoms with Crippen molar-refractivity contribution >= 4 is 17.3 Å². The Kier molecular flexibility index (Phi) is 4.79. The number of rotatable bonds is 6. The molecule has 0 radical (unpaired) electrons. The standard InChI is InChI=1S/C15H18N2O3/c1-11-7-8-14(20-11)15(18)17-13-6-4-3-5-12(13)16-9-10-19-2/h3-8,16H,9-10H2,1-2H3,(H,17,18). The molecule has 0 saturated carbocycles. The van der Waals surface area contributed by atoms with E-state index in [0.29, 0.717) is 30.4 Å². The predicted octanol–water partition coefficient (Wildman–Crippen LogP) is 2.90. The highest BCUT2D eigenvalue weighted by Crippen LogP contribution is 2.21. The van der Waals surface area contributed by atoms with Crippen molar-refractivity contribution in [3.63, 3.8) is 0 Å². The van der Waals surface area contributed by atoms with Crippen LogP contribution < -0.4 is 10.6 Å². The first kappa shape index (κ1) is 14.1. The van der Waals surface area contributed by atoms with E-state index in [4.69, 9.17) is 9.15 Å². The van der Waals surface area contributed by atoms with Crippen molar-refractivity contribution in [1.82, 2.24) is 0 Å². The molecule has 20 heavy (non-hydrogen) atoms. The SMILES string of the molecule is COCCNc1ccccc1NC(=O)c1ccc(C)o1. The normalized spacial score (nSPS) is 10.3. The second kappa shape index (κ2) is 6.77. The van der Waals surface area contributed by atoms with Gasteiger partial charge in [0.25, 0.3) is 5.91 Å². The van der Waals surface area contributed by atoms with Crippen molar-refractivity contribution in [2.75, 3.05) is 30.9 Å². The molecule has 5 heteroatoms. The van der Waals surface area contributed by atoms with Gasteiger partial charge in [-0.25, -0.2) is 0 Å². The molecule has 1 aromatic carbocycles. The quantitative estimate of drug-likeness (QED) is 0.795. The molecule has 0 aliphatic rings. The van der Waals surface area contributed by atoms with Crippen LogP contribution >= 0.6 is 0 Å². The molecule has 106 valence electrons. The van der Waals surface area contributed by atoms with Crippen LogP contribution in [0.25, 0.3) is 0 Å². The summed E-state index contributed by atoms with van der Waals surface area (Å²) in [6.45, 7) is 3.07. The summed E-state index contributed by atoms with van der Waals surface area (Å²) in [5.74, 6) is 0.745. The van der Waals surface area contributed by atoms with E-state index < -0.39 is 0 Å². The molecule has 0 atom stereocenters. The van der Waals surface area contributed by atoms with Gasteiger partial charge in [0, 0.05) is 13.7 Å². The van der Waals surface area contributed by atoms with Gasteiger partial charge in [0.15, 0.2) is 5.76 Å². The number of aryl methyl sites for hydroxylation is 1. The van der Waals surface area contributed by atoms with Crippen molar-refractivity contribution in [1.29, 1.82) is 0 Å². The van der Waals surface area contributed by atoms with Crippen molar-refractivity contribution in [2.24, 2.45) is 0 Å². The van der Waals surface area contributed by atoms with Crippen LogP contribution in [0, 0.1) is 6.92 Å². The van der Waals surface area contributed by atoms with Crippen molar-refractivity contribution in [3.05, 3.63) is 47.9 Å². The van der Waals surface area contributed by atoms with Gasteiger partial charge in [0.2, 0.25) is 0 Å². The van der Waals surface area contributed by atoms with E-state index in [-0.39, 0.29) is 5.91 Å². The highest BCUT2D eigenvalue weighted by molar-refractivity contribution is 6.04. The minimum atomic E-state index is -0.265. The van der Waals surface area contributed by atoms with Gasteiger partial charge in [-0.3, -0.25) is 4.79 Å². The number of benzene rings is 1. The highest BCUT2D eigenvalue weighted by atomic mass is 16.5. The van der Waals surface area contributed by atoms with E-state index in [0.717, 1.165) is 5.69 Å². The van der Waals surface area contributed by atoms with Crippen LogP contribution in [0.2, 0.25) is 0 Å². The first-order valence-electron chi connectivity index (χ1n) is 6.40. The minimum Gasteiger partial charge on any atom is -0.456 e. The Balaban J connectivity index is 2.06. The van der Waals surface area contributed by atoms with Crippen LogP contribution in [0.5, 0.6) is 0 Å². The van der Waals surface area contributed by atoms with Gasteiger partial charge in [-0.05, 0) is 31.2 Å². The summed E-state index contributed by atoms with van der Waals surface area (Å²) in [5, 5.41) is 6.04. The molecular formula is C15H18N2O3. The molecule has 0 bridgehead atoms. The van der Waals surface area contributed by atoms with Crippen LogP contribution in [0.3, 0.4) is 0 Å². The Morgan fingerprint density at radius 3 is 2.60 bits per heavy atom. The largest absolute Gasteiger partial charge is 0.456 e. The Morgan fingerprint density at radius 1 is 1.20 bits per heavy atom. The van der Waals surface area contributed by atoms with Gasteiger partial charge >= 0.3 is 0 Å². The fourth-order valence-corrected chi connectivity index (χ4v) is 1.77. The summed E-state index contributed by atoms with van der Waals surface area (Å²) in [6, 6.07) is 10.9. The Bertz CT molecular complexity index is 578. The average Bonchev–Trinajstić information content (AvgIpc) is 2.88. The third-order valence-electron chi connectivity index (χ3n) is 2.76. The molecule has 2 rings (SSSR count). The molecule has 2 aromatic rings. The molecule has 2 N–H and O–H groups in total. The van der Waals surface area contributed by atoms with Crippen LogP contribution in [0.1, 0.15) is 16.3 Å². The van der Waals surface area contributed by atoms with Gasteiger partial charge in [-0.2, -0.15) is 0 Å². The average molecular weight is 274 g/mol. The van der Waals surface area contributed by atoms with E-state index in [2.05, 4.69) is 10.6 Å². The van der Waals surface area contributed by atoms with E-state index >= 15 is 0 Å². The predicted molar refractivity (Wildman–Crippen MR) is 78.2 cm³/mol. The van der Waals surface area contributed by atoms with E-state index in [1.807, 2.05) is 24.3 Å². The Hall–Kier alpha value is -2.27. The summed E-state index contributed by atoms with van der Waals surface area (Å²) in [5.41, 5.74) is 1.56. The van der Waals surface area contributed by atoms with E-state index in [1.165, 1.54) is 0 Å². The second-order valence-corrected chi connectivity index (χ2v) is 4.33. The third-order valence-corrected chi connectivity index (χ3v) is 2.76. The molecule has 0 aliphatic carbocycles. The molecule has 0 spiro atoms. The second-order valence-electron chi connectivity index (χ2n) is 4.33. The minimum absolute atomic E-state index is 0.265. The lowest BCUT2D eigenvalue weighted by atomic mass is 10.2. The number of carbonyl (C=O) groups is 1. The van der Waals surface area contributed by atoms with Crippen molar-refractivity contribution in [2.45, 2.75) is 6.92 Å². The zero-order valence-electron chi connectivity index (χ0n) is 11.6. The smallest absolute Gasteiger partial charge is 0.291 e. The Labute approximate surface area is 117 Å². The fourth-order valence-electron chi connectivity index (χ4n) is 1.77. The van der Waals surface area contributed by atoms with Gasteiger partial charge in [0.1, 0.15) is 5.76 Å². The Morgan fingerprint density at radius 2 is 1.95 bits per heavy atom. The summed E-state index contributed by atoms with van der Waals surface area (Å²) in [6.07, 6.45) is 0. The zero-order chi connectivity index (χ0) is 14.4. The van der Waals surface area contributed by atoms with Crippen molar-refractivity contribution < 1.29 is 13.9 Å². The monoisotopic (exact) mass is 274 g/mol. The first-order chi connectivity index (χ1) is 9.70. The lowest BCUT2D eigenvalue weighted by Crippen LogP contribution is -2.14. The first-order valence-corrected chi connectivity index (χ1v) is 6.40. The van der Waals surface area contributed by atoms with Crippen LogP contribution in [0.15, 0.2) is 40.8 Å². The molecule has 0 fully saturated rings. The maximum Gasteiger partial charge on any atom is 0.291 e. The lowest BCUT2D eigenvalue weighted by molar-refractivity contribution is 0.0995. The number of ether oxygens (including phenoxy) is 1. The van der Waals surface area contributed by atoms with E-state index in [9.17, 15) is 4.79 Å². The number of amides is 1. The summed E-state index contributed by atoms with van der Waals surface area (Å²) in [7, 11) is 1.65. The number of hydrogen-bond acceptors (Lipinski definition) is 4. The molecular weight excluding hydrogens is 256 g/mol. The van der Waals surface area contributed by atoms with Gasteiger partial charge < -0.3 is 19.8 Å². The molecule has 0 saturated heterocycles. The maximum atomic E-state index is 12.1. The highest BCUT2D eigenvalue weighted by Gasteiger charge is 2.11. The number of para-hydroxylation sites is 2. The molecule has 0 unspecified atom stereocenters. The molecule has 1 aromatic heterocycles. The third kappa shape index (κ3) is 3.61. The fraction of sp³-hybridized carbons (Fsp3) is 0.267. The van der Waals surface area contributed by atoms with Gasteiger partial charge in [-0.1, -0.05) is 12.1 Å². The summed E-state index contributed by atoms with van der Waals surface area (Å²) < 4.78 is 10.3. The number of hydrogen-bond donors (Lipinski definition) is 2. The number of anilines is 2.